The molecule has 2 heteroatoms. The molecule has 1 aliphatic carbocycles. The van der Waals surface area contributed by atoms with Crippen LogP contribution < -0.4 is 0 Å². The maximum atomic E-state index is 8.07. The Morgan fingerprint density at radius 2 is 1.94 bits per heavy atom. The molecule has 2 rings (SSSR count). The third kappa shape index (κ3) is 3.31. The highest BCUT2D eigenvalue weighted by molar-refractivity contribution is 5.98. The summed E-state index contributed by atoms with van der Waals surface area (Å²) in [7, 11) is 0. The molecule has 2 nitrogen and oxygen atoms in total. The number of likely N-dealkylation sites (tertiary alicyclic amines) is 1. The summed E-state index contributed by atoms with van der Waals surface area (Å²) in [5.41, 5.74) is 2.09. The van der Waals surface area contributed by atoms with E-state index in [0.717, 1.165) is 31.5 Å². The van der Waals surface area contributed by atoms with Crippen LogP contribution in [0.4, 0.5) is 0 Å². The van der Waals surface area contributed by atoms with Crippen LogP contribution in [0.2, 0.25) is 0 Å². The quantitative estimate of drug-likeness (QED) is 0.757. The van der Waals surface area contributed by atoms with E-state index in [1.165, 1.54) is 37.9 Å². The number of nitrogens with one attached hydrogen (secondary N) is 1. The Hall–Kier alpha value is -0.890. The summed E-state index contributed by atoms with van der Waals surface area (Å²) in [6.07, 6.45) is 13.7. The minimum Gasteiger partial charge on any atom is -0.305 e. The summed E-state index contributed by atoms with van der Waals surface area (Å²) in [6.45, 7) is 3.42. The predicted octanol–water partition coefficient (Wildman–Crippen LogP) is 3.16. The van der Waals surface area contributed by atoms with E-state index in [0.29, 0.717) is 0 Å². The fraction of sp³-hybridized carbons (Fsp3) is 0.643. The summed E-state index contributed by atoms with van der Waals surface area (Å²) in [4.78, 5) is 2.50. The highest BCUT2D eigenvalue weighted by atomic mass is 15.1. The fourth-order valence-electron chi connectivity index (χ4n) is 2.44. The number of hydrogen-bond donors (Lipinski definition) is 1. The lowest BCUT2D eigenvalue weighted by Gasteiger charge is -2.27. The topological polar surface area (TPSA) is 27.1 Å². The number of allylic oxidation sites excluding steroid dienone is 3. The average Bonchev–Trinajstić information content (AvgIpc) is 2.30. The second-order valence-corrected chi connectivity index (χ2v) is 4.83. The number of rotatable bonds is 2. The van der Waals surface area contributed by atoms with Crippen LogP contribution in [0.5, 0.6) is 0 Å². The predicted molar refractivity (Wildman–Crippen MR) is 69.1 cm³/mol. The number of nitrogens with zero attached hydrogens (tertiary/aromatic N) is 1. The highest BCUT2D eigenvalue weighted by Crippen LogP contribution is 2.15. The van der Waals surface area contributed by atoms with Gasteiger partial charge in [-0.3, -0.25) is 4.90 Å². The van der Waals surface area contributed by atoms with Crippen molar-refractivity contribution in [2.45, 2.75) is 38.5 Å². The molecule has 0 spiro atoms. The first kappa shape index (κ1) is 11.6. The van der Waals surface area contributed by atoms with Gasteiger partial charge in [-0.15, -0.1) is 0 Å². The number of piperidine rings is 1. The van der Waals surface area contributed by atoms with Crippen molar-refractivity contribution in [3.8, 4) is 0 Å². The Kier molecular flexibility index (Phi) is 4.34. The van der Waals surface area contributed by atoms with E-state index in [-0.39, 0.29) is 0 Å². The van der Waals surface area contributed by atoms with Crippen LogP contribution in [0.3, 0.4) is 0 Å². The molecule has 1 saturated heterocycles. The third-order valence-corrected chi connectivity index (χ3v) is 3.46. The summed E-state index contributed by atoms with van der Waals surface area (Å²) >= 11 is 0. The maximum Gasteiger partial charge on any atom is 0.0359 e. The van der Waals surface area contributed by atoms with Crippen LogP contribution in [-0.2, 0) is 0 Å². The van der Waals surface area contributed by atoms with Crippen molar-refractivity contribution >= 4 is 5.71 Å². The fourth-order valence-corrected chi connectivity index (χ4v) is 2.44. The average molecular weight is 218 g/mol. The van der Waals surface area contributed by atoms with Gasteiger partial charge in [0.05, 0.1) is 0 Å². The normalized spacial score (nSPS) is 27.0. The molecule has 0 atom stereocenters. The van der Waals surface area contributed by atoms with Gasteiger partial charge in [0.25, 0.3) is 0 Å². The van der Waals surface area contributed by atoms with E-state index >= 15 is 0 Å². The molecule has 0 radical (unpaired) electrons. The van der Waals surface area contributed by atoms with Crippen LogP contribution in [0.1, 0.15) is 38.5 Å². The van der Waals surface area contributed by atoms with Gasteiger partial charge < -0.3 is 5.41 Å². The second kappa shape index (κ2) is 6.00. The van der Waals surface area contributed by atoms with E-state index in [1.807, 2.05) is 0 Å². The lowest BCUT2D eigenvalue weighted by molar-refractivity contribution is 0.249. The van der Waals surface area contributed by atoms with Crippen molar-refractivity contribution in [1.82, 2.24) is 4.90 Å². The van der Waals surface area contributed by atoms with Crippen molar-refractivity contribution < 1.29 is 0 Å². The molecule has 0 aromatic heterocycles. The van der Waals surface area contributed by atoms with Crippen LogP contribution in [0, 0.1) is 5.41 Å². The third-order valence-electron chi connectivity index (χ3n) is 3.46. The minimum absolute atomic E-state index is 0.856. The monoisotopic (exact) mass is 218 g/mol. The van der Waals surface area contributed by atoms with Gasteiger partial charge >= 0.3 is 0 Å². The summed E-state index contributed by atoms with van der Waals surface area (Å²) < 4.78 is 0. The molecule has 0 saturated carbocycles. The van der Waals surface area contributed by atoms with Crippen molar-refractivity contribution in [3.05, 3.63) is 23.8 Å². The Balaban J connectivity index is 1.96. The molecule has 2 aliphatic rings. The van der Waals surface area contributed by atoms with Crippen LogP contribution in [0.25, 0.3) is 0 Å². The zero-order valence-corrected chi connectivity index (χ0v) is 10.0. The molecule has 0 bridgehead atoms. The van der Waals surface area contributed by atoms with E-state index in [1.54, 1.807) is 0 Å². The lowest BCUT2D eigenvalue weighted by atomic mass is 10.00. The van der Waals surface area contributed by atoms with Gasteiger partial charge in [-0.2, -0.15) is 0 Å². The Morgan fingerprint density at radius 1 is 1.12 bits per heavy atom. The Morgan fingerprint density at radius 3 is 2.75 bits per heavy atom. The van der Waals surface area contributed by atoms with Gasteiger partial charge in [0, 0.05) is 12.3 Å². The first-order chi connectivity index (χ1) is 7.86. The smallest absolute Gasteiger partial charge is 0.0359 e. The van der Waals surface area contributed by atoms with Gasteiger partial charge in [-0.05, 0) is 50.8 Å². The molecule has 1 fully saturated rings. The van der Waals surface area contributed by atoms with E-state index < -0.39 is 0 Å². The second-order valence-electron chi connectivity index (χ2n) is 4.83. The molecular formula is C14H22N2. The largest absolute Gasteiger partial charge is 0.305 e. The van der Waals surface area contributed by atoms with Crippen molar-refractivity contribution in [2.75, 3.05) is 19.6 Å². The van der Waals surface area contributed by atoms with E-state index in [9.17, 15) is 0 Å². The zero-order valence-electron chi connectivity index (χ0n) is 10.0. The molecule has 0 unspecified atom stereocenters. The molecular weight excluding hydrogens is 196 g/mol. The van der Waals surface area contributed by atoms with Crippen molar-refractivity contribution in [1.29, 1.82) is 5.41 Å². The Labute approximate surface area is 98.5 Å². The molecule has 0 amide bonds. The highest BCUT2D eigenvalue weighted by Gasteiger charge is 2.14. The van der Waals surface area contributed by atoms with Crippen LogP contribution in [0.15, 0.2) is 23.8 Å². The number of hydrogen-bond acceptors (Lipinski definition) is 2. The summed E-state index contributed by atoms with van der Waals surface area (Å²) in [6, 6.07) is 0. The van der Waals surface area contributed by atoms with Gasteiger partial charge in [-0.1, -0.05) is 24.6 Å². The molecule has 1 aliphatic heterocycles. The Bertz CT molecular complexity index is 296. The van der Waals surface area contributed by atoms with E-state index in [4.69, 9.17) is 5.41 Å². The lowest BCUT2D eigenvalue weighted by Crippen LogP contribution is -2.32. The van der Waals surface area contributed by atoms with E-state index in [2.05, 4.69) is 23.1 Å². The molecule has 88 valence electrons. The van der Waals surface area contributed by atoms with Gasteiger partial charge in [0.2, 0.25) is 0 Å². The summed E-state index contributed by atoms with van der Waals surface area (Å²) in [5.74, 6) is 0. The standard InChI is InChI=1S/C14H22N2/c15-14-9-5-2-1-4-8-13(14)12-16-10-6-3-7-11-16/h1,4,8,15H,2-3,5-7,9-12H2/b4-1?,13-8-,15-14?. The van der Waals surface area contributed by atoms with Gasteiger partial charge in [-0.25, -0.2) is 0 Å². The van der Waals surface area contributed by atoms with Gasteiger partial charge in [0.15, 0.2) is 0 Å². The van der Waals surface area contributed by atoms with Gasteiger partial charge in [0.1, 0.15) is 0 Å². The SMILES string of the molecule is N=C1CCCC=C/C=C\1CN1CCCCC1. The maximum absolute atomic E-state index is 8.07. The molecule has 0 aromatic rings. The first-order valence-electron chi connectivity index (χ1n) is 6.52. The molecule has 0 aromatic carbocycles. The molecule has 1 N–H and O–H groups in total. The molecule has 1 heterocycles. The van der Waals surface area contributed by atoms with Crippen molar-refractivity contribution in [3.63, 3.8) is 0 Å². The first-order valence-corrected chi connectivity index (χ1v) is 6.52. The van der Waals surface area contributed by atoms with Crippen LogP contribution in [-0.4, -0.2) is 30.2 Å². The summed E-state index contributed by atoms with van der Waals surface area (Å²) in [5, 5.41) is 8.07. The zero-order chi connectivity index (χ0) is 11.2. The van der Waals surface area contributed by atoms with Crippen LogP contribution >= 0.6 is 0 Å². The molecule has 16 heavy (non-hydrogen) atoms. The van der Waals surface area contributed by atoms with Crippen molar-refractivity contribution in [2.24, 2.45) is 0 Å². The minimum atomic E-state index is 0.856.